The van der Waals surface area contributed by atoms with E-state index in [2.05, 4.69) is 0 Å². The van der Waals surface area contributed by atoms with E-state index in [9.17, 15) is 8.78 Å². The van der Waals surface area contributed by atoms with Crippen LogP contribution < -0.4 is 9.47 Å². The first-order valence-electron chi connectivity index (χ1n) is 7.13. The number of ether oxygens (including phenoxy) is 2. The van der Waals surface area contributed by atoms with E-state index in [1.807, 2.05) is 30.1 Å². The molecular formula is C17H17F2NO2. The van der Waals surface area contributed by atoms with Crippen molar-refractivity contribution >= 4 is 0 Å². The first-order valence-corrected chi connectivity index (χ1v) is 7.13. The number of nitrogens with zero attached hydrogens (tertiary/aromatic N) is 1. The molecule has 2 aromatic rings. The van der Waals surface area contributed by atoms with Crippen molar-refractivity contribution in [1.82, 2.24) is 4.90 Å². The highest BCUT2D eigenvalue weighted by molar-refractivity contribution is 5.43. The fraction of sp³-hybridized carbons (Fsp3) is 0.294. The van der Waals surface area contributed by atoms with Gasteiger partial charge in [0.15, 0.2) is 23.1 Å². The summed E-state index contributed by atoms with van der Waals surface area (Å²) in [5.41, 5.74) is 1.81. The summed E-state index contributed by atoms with van der Waals surface area (Å²) in [4.78, 5) is 2.03. The van der Waals surface area contributed by atoms with Gasteiger partial charge in [-0.1, -0.05) is 12.1 Å². The lowest BCUT2D eigenvalue weighted by molar-refractivity contribution is 0.171. The molecule has 0 N–H and O–H groups in total. The minimum absolute atomic E-state index is 0.533. The van der Waals surface area contributed by atoms with Gasteiger partial charge in [0.2, 0.25) is 0 Å². The lowest BCUT2D eigenvalue weighted by atomic mass is 10.1. The van der Waals surface area contributed by atoms with Crippen LogP contribution in [0.3, 0.4) is 0 Å². The standard InChI is InChI=1S/C17H17F2NO2/c1-20(10-12-2-4-14(18)15(19)8-12)11-13-3-5-16-17(9-13)22-7-6-21-16/h2-5,8-9H,6-7,10-11H2,1H3. The van der Waals surface area contributed by atoms with Crippen molar-refractivity contribution in [2.24, 2.45) is 0 Å². The molecule has 0 saturated carbocycles. The van der Waals surface area contributed by atoms with E-state index in [4.69, 9.17) is 9.47 Å². The minimum atomic E-state index is -0.821. The summed E-state index contributed by atoms with van der Waals surface area (Å²) in [6.07, 6.45) is 0. The quantitative estimate of drug-likeness (QED) is 0.864. The number of fused-ring (bicyclic) bond motifs is 1. The molecule has 1 aliphatic rings. The topological polar surface area (TPSA) is 21.7 Å². The van der Waals surface area contributed by atoms with Crippen LogP contribution in [0.2, 0.25) is 0 Å². The van der Waals surface area contributed by atoms with Crippen LogP contribution in [-0.4, -0.2) is 25.2 Å². The van der Waals surface area contributed by atoms with Crippen LogP contribution in [0.25, 0.3) is 0 Å². The SMILES string of the molecule is CN(Cc1ccc(F)c(F)c1)Cc1ccc2c(c1)OCCO2. The molecule has 3 rings (SSSR count). The maximum atomic E-state index is 13.2. The van der Waals surface area contributed by atoms with Gasteiger partial charge >= 0.3 is 0 Å². The lowest BCUT2D eigenvalue weighted by Crippen LogP contribution is -2.18. The molecule has 0 atom stereocenters. The molecule has 0 radical (unpaired) electrons. The predicted molar refractivity (Wildman–Crippen MR) is 79.0 cm³/mol. The summed E-state index contributed by atoms with van der Waals surface area (Å²) >= 11 is 0. The largest absolute Gasteiger partial charge is 0.486 e. The molecule has 2 aromatic carbocycles. The van der Waals surface area contributed by atoms with Crippen LogP contribution in [0.4, 0.5) is 8.78 Å². The van der Waals surface area contributed by atoms with Gasteiger partial charge in [-0.25, -0.2) is 8.78 Å². The normalized spacial score (nSPS) is 13.5. The molecule has 0 bridgehead atoms. The first-order chi connectivity index (χ1) is 10.6. The van der Waals surface area contributed by atoms with Gasteiger partial charge in [0.25, 0.3) is 0 Å². The smallest absolute Gasteiger partial charge is 0.161 e. The van der Waals surface area contributed by atoms with Crippen molar-refractivity contribution in [3.8, 4) is 11.5 Å². The summed E-state index contributed by atoms with van der Waals surface area (Å²) in [6.45, 7) is 2.34. The summed E-state index contributed by atoms with van der Waals surface area (Å²) in [5, 5.41) is 0. The second-order valence-corrected chi connectivity index (χ2v) is 5.40. The van der Waals surface area contributed by atoms with Crippen LogP contribution in [-0.2, 0) is 13.1 Å². The Kier molecular flexibility index (Phi) is 4.24. The van der Waals surface area contributed by atoms with E-state index in [-0.39, 0.29) is 0 Å². The molecule has 0 aromatic heterocycles. The van der Waals surface area contributed by atoms with Crippen molar-refractivity contribution < 1.29 is 18.3 Å². The van der Waals surface area contributed by atoms with E-state index in [0.717, 1.165) is 28.7 Å². The number of halogens is 2. The van der Waals surface area contributed by atoms with Gasteiger partial charge in [0.1, 0.15) is 13.2 Å². The van der Waals surface area contributed by atoms with Crippen LogP contribution in [0, 0.1) is 11.6 Å². The van der Waals surface area contributed by atoms with E-state index in [1.165, 1.54) is 6.07 Å². The van der Waals surface area contributed by atoms with E-state index < -0.39 is 11.6 Å². The molecule has 0 unspecified atom stereocenters. The molecule has 5 heteroatoms. The van der Waals surface area contributed by atoms with Crippen molar-refractivity contribution in [1.29, 1.82) is 0 Å². The van der Waals surface area contributed by atoms with E-state index >= 15 is 0 Å². The Hall–Kier alpha value is -2.14. The van der Waals surface area contributed by atoms with Crippen LogP contribution >= 0.6 is 0 Å². The highest BCUT2D eigenvalue weighted by Gasteiger charge is 2.12. The third-order valence-corrected chi connectivity index (χ3v) is 3.50. The molecular weight excluding hydrogens is 288 g/mol. The summed E-state index contributed by atoms with van der Waals surface area (Å²) in [6, 6.07) is 9.82. The van der Waals surface area contributed by atoms with Crippen molar-refractivity contribution in [3.05, 3.63) is 59.2 Å². The van der Waals surface area contributed by atoms with Crippen molar-refractivity contribution in [3.63, 3.8) is 0 Å². The highest BCUT2D eigenvalue weighted by Crippen LogP contribution is 2.31. The van der Waals surface area contributed by atoms with Gasteiger partial charge in [-0.05, 0) is 42.4 Å². The number of hydrogen-bond acceptors (Lipinski definition) is 3. The molecule has 0 spiro atoms. The van der Waals surface area contributed by atoms with Crippen LogP contribution in [0.1, 0.15) is 11.1 Å². The zero-order chi connectivity index (χ0) is 15.5. The number of hydrogen-bond donors (Lipinski definition) is 0. The van der Waals surface area contributed by atoms with Gasteiger partial charge in [-0.15, -0.1) is 0 Å². The molecule has 116 valence electrons. The first kappa shape index (κ1) is 14.8. The van der Waals surface area contributed by atoms with Gasteiger partial charge in [0.05, 0.1) is 0 Å². The summed E-state index contributed by atoms with van der Waals surface area (Å²) < 4.78 is 37.2. The molecule has 22 heavy (non-hydrogen) atoms. The predicted octanol–water partition coefficient (Wildman–Crippen LogP) is 3.37. The highest BCUT2D eigenvalue weighted by atomic mass is 19.2. The second kappa shape index (κ2) is 6.32. The van der Waals surface area contributed by atoms with Crippen molar-refractivity contribution in [2.75, 3.05) is 20.3 Å². The van der Waals surface area contributed by atoms with E-state index in [1.54, 1.807) is 6.07 Å². The van der Waals surface area contributed by atoms with Crippen molar-refractivity contribution in [2.45, 2.75) is 13.1 Å². The summed E-state index contributed by atoms with van der Waals surface area (Å²) in [5.74, 6) is -0.119. The fourth-order valence-electron chi connectivity index (χ4n) is 2.50. The Morgan fingerprint density at radius 2 is 1.50 bits per heavy atom. The molecule has 0 saturated heterocycles. The zero-order valence-corrected chi connectivity index (χ0v) is 12.3. The monoisotopic (exact) mass is 305 g/mol. The van der Waals surface area contributed by atoms with Gasteiger partial charge in [-0.3, -0.25) is 4.90 Å². The zero-order valence-electron chi connectivity index (χ0n) is 12.3. The third kappa shape index (κ3) is 3.36. The Morgan fingerprint density at radius 1 is 0.864 bits per heavy atom. The van der Waals surface area contributed by atoms with Gasteiger partial charge in [-0.2, -0.15) is 0 Å². The molecule has 0 fully saturated rings. The average molecular weight is 305 g/mol. The third-order valence-electron chi connectivity index (χ3n) is 3.50. The Labute approximate surface area is 128 Å². The van der Waals surface area contributed by atoms with E-state index in [0.29, 0.717) is 26.3 Å². The fourth-order valence-corrected chi connectivity index (χ4v) is 2.50. The minimum Gasteiger partial charge on any atom is -0.486 e. The number of benzene rings is 2. The Balaban J connectivity index is 1.66. The molecule has 1 heterocycles. The van der Waals surface area contributed by atoms with Crippen LogP contribution in [0.5, 0.6) is 11.5 Å². The molecule has 0 amide bonds. The maximum absolute atomic E-state index is 13.2. The average Bonchev–Trinajstić information content (AvgIpc) is 2.51. The molecule has 1 aliphatic heterocycles. The Bertz CT molecular complexity index is 676. The maximum Gasteiger partial charge on any atom is 0.161 e. The lowest BCUT2D eigenvalue weighted by Gasteiger charge is -2.21. The number of rotatable bonds is 4. The second-order valence-electron chi connectivity index (χ2n) is 5.40. The Morgan fingerprint density at radius 3 is 2.23 bits per heavy atom. The van der Waals surface area contributed by atoms with Gasteiger partial charge in [0, 0.05) is 13.1 Å². The molecule has 3 nitrogen and oxygen atoms in total. The van der Waals surface area contributed by atoms with Crippen LogP contribution in [0.15, 0.2) is 36.4 Å². The van der Waals surface area contributed by atoms with Gasteiger partial charge < -0.3 is 9.47 Å². The summed E-state index contributed by atoms with van der Waals surface area (Å²) in [7, 11) is 1.93. The molecule has 0 aliphatic carbocycles.